The number of anilines is 3. The Kier molecular flexibility index (Phi) is 6.60. The van der Waals surface area contributed by atoms with Crippen molar-refractivity contribution >= 4 is 40.8 Å². The van der Waals surface area contributed by atoms with Gasteiger partial charge in [0.15, 0.2) is 5.69 Å². The molecule has 1 fully saturated rings. The molecular formula is C19H25ClN6O3. The second-order valence-electron chi connectivity index (χ2n) is 7.15. The van der Waals surface area contributed by atoms with E-state index in [0.717, 1.165) is 25.2 Å². The fourth-order valence-electron chi connectivity index (χ4n) is 3.13. The lowest BCUT2D eigenvalue weighted by Gasteiger charge is -2.36. The topological polar surface area (TPSA) is 108 Å². The van der Waals surface area contributed by atoms with E-state index in [4.69, 9.17) is 21.8 Å². The van der Waals surface area contributed by atoms with Crippen LogP contribution < -0.4 is 16.0 Å². The number of carbonyl (C=O) groups excluding carboxylic acids is 2. The minimum atomic E-state index is -0.480. The van der Waals surface area contributed by atoms with Gasteiger partial charge in [-0.15, -0.1) is 0 Å². The van der Waals surface area contributed by atoms with Crippen LogP contribution in [0.1, 0.15) is 16.9 Å². The molecule has 0 spiro atoms. The predicted octanol–water partition coefficient (Wildman–Crippen LogP) is 1.76. The largest absolute Gasteiger partial charge is 0.431 e. The van der Waals surface area contributed by atoms with E-state index in [2.05, 4.69) is 15.2 Å². The molecule has 1 aliphatic heterocycles. The van der Waals surface area contributed by atoms with Crippen LogP contribution in [0.25, 0.3) is 0 Å². The highest BCUT2D eigenvalue weighted by atomic mass is 35.5. The van der Waals surface area contributed by atoms with E-state index in [1.807, 2.05) is 30.0 Å². The number of halogens is 1. The zero-order chi connectivity index (χ0) is 21.0. The Bertz CT molecular complexity index is 885. The molecule has 2 heterocycles. The number of hydrogen-bond donors (Lipinski definition) is 2. The van der Waals surface area contributed by atoms with Crippen LogP contribution in [-0.2, 0) is 4.79 Å². The lowest BCUT2D eigenvalue weighted by atomic mass is 10.2. The summed E-state index contributed by atoms with van der Waals surface area (Å²) in [6.07, 6.45) is 2.12. The number of nitrogen functional groups attached to an aromatic ring is 1. The molecule has 0 radical (unpaired) electrons. The number of hydrogen-bond acceptors (Lipinski definition) is 7. The zero-order valence-corrected chi connectivity index (χ0v) is 17.3. The number of nitrogens with one attached hydrogen (secondary N) is 1. The van der Waals surface area contributed by atoms with Crippen molar-refractivity contribution in [2.75, 3.05) is 62.8 Å². The average Bonchev–Trinajstić information content (AvgIpc) is 3.11. The Balaban J connectivity index is 1.64. The molecule has 10 heteroatoms. The van der Waals surface area contributed by atoms with Crippen LogP contribution in [0.5, 0.6) is 0 Å². The Morgan fingerprint density at radius 2 is 2.17 bits per heavy atom. The summed E-state index contributed by atoms with van der Waals surface area (Å²) in [5.74, 6) is -0.389. The Labute approximate surface area is 174 Å². The maximum Gasteiger partial charge on any atom is 0.292 e. The fourth-order valence-corrected chi connectivity index (χ4v) is 3.29. The van der Waals surface area contributed by atoms with Gasteiger partial charge in [0.25, 0.3) is 11.9 Å². The van der Waals surface area contributed by atoms with Gasteiger partial charge in [0.05, 0.1) is 17.3 Å². The summed E-state index contributed by atoms with van der Waals surface area (Å²) in [4.78, 5) is 34.6. The van der Waals surface area contributed by atoms with Crippen LogP contribution >= 0.6 is 11.6 Å². The summed E-state index contributed by atoms with van der Waals surface area (Å²) in [6.45, 7) is 3.37. The summed E-state index contributed by atoms with van der Waals surface area (Å²) >= 11 is 6.23. The highest BCUT2D eigenvalue weighted by Gasteiger charge is 2.24. The molecule has 3 N–H and O–H groups in total. The van der Waals surface area contributed by atoms with Crippen molar-refractivity contribution in [2.45, 2.75) is 6.42 Å². The summed E-state index contributed by atoms with van der Waals surface area (Å²) in [5, 5.41) is 3.08. The molecule has 1 saturated heterocycles. The highest BCUT2D eigenvalue weighted by molar-refractivity contribution is 6.34. The number of nitrogens with two attached hydrogens (primary N) is 1. The van der Waals surface area contributed by atoms with Crippen LogP contribution in [0.2, 0.25) is 5.02 Å². The van der Waals surface area contributed by atoms with Crippen LogP contribution in [0.3, 0.4) is 0 Å². The van der Waals surface area contributed by atoms with E-state index in [1.165, 1.54) is 6.26 Å². The van der Waals surface area contributed by atoms with Crippen LogP contribution in [0.15, 0.2) is 28.9 Å². The number of piperazine rings is 1. The molecule has 29 heavy (non-hydrogen) atoms. The Morgan fingerprint density at radius 3 is 2.83 bits per heavy atom. The van der Waals surface area contributed by atoms with Gasteiger partial charge in [0.1, 0.15) is 6.26 Å². The highest BCUT2D eigenvalue weighted by Crippen LogP contribution is 2.29. The molecule has 0 atom stereocenters. The predicted molar refractivity (Wildman–Crippen MR) is 112 cm³/mol. The molecule has 1 aromatic carbocycles. The van der Waals surface area contributed by atoms with Crippen molar-refractivity contribution < 1.29 is 14.0 Å². The molecule has 0 bridgehead atoms. The maximum atomic E-state index is 12.5. The van der Waals surface area contributed by atoms with E-state index in [-0.39, 0.29) is 24.2 Å². The standard InChI is InChI=1S/C19H25ClN6O3/c1-24(2)6-3-7-25-8-9-26(11-17(25)27)13-4-5-14(20)15(10-13)22-18(28)16-12-29-19(21)23-16/h4-5,10,12H,3,6-9,11H2,1-2H3,(H2,21,23)(H,22,28). The molecule has 2 aromatic rings. The van der Waals surface area contributed by atoms with E-state index >= 15 is 0 Å². The van der Waals surface area contributed by atoms with Gasteiger partial charge in [-0.25, -0.2) is 0 Å². The van der Waals surface area contributed by atoms with Gasteiger partial charge in [-0.2, -0.15) is 4.98 Å². The number of oxazole rings is 1. The first-order chi connectivity index (χ1) is 13.8. The van der Waals surface area contributed by atoms with Crippen molar-refractivity contribution in [3.8, 4) is 0 Å². The van der Waals surface area contributed by atoms with Crippen LogP contribution in [-0.4, -0.2) is 73.4 Å². The van der Waals surface area contributed by atoms with Gasteiger partial charge in [0, 0.05) is 25.3 Å². The van der Waals surface area contributed by atoms with Crippen molar-refractivity contribution in [2.24, 2.45) is 0 Å². The fraction of sp³-hybridized carbons (Fsp3) is 0.421. The zero-order valence-electron chi connectivity index (χ0n) is 16.5. The van der Waals surface area contributed by atoms with Gasteiger partial charge in [0.2, 0.25) is 5.91 Å². The second kappa shape index (κ2) is 9.15. The molecule has 3 rings (SSSR count). The summed E-state index contributed by atoms with van der Waals surface area (Å²) < 4.78 is 4.86. The first-order valence-corrected chi connectivity index (χ1v) is 9.70. The molecule has 0 saturated carbocycles. The molecule has 0 unspecified atom stereocenters. The van der Waals surface area contributed by atoms with Gasteiger partial charge < -0.3 is 30.2 Å². The third kappa shape index (κ3) is 5.39. The van der Waals surface area contributed by atoms with Crippen molar-refractivity contribution in [1.29, 1.82) is 0 Å². The molecular weight excluding hydrogens is 396 g/mol. The van der Waals surface area contributed by atoms with E-state index < -0.39 is 5.91 Å². The molecule has 0 aliphatic carbocycles. The van der Waals surface area contributed by atoms with Gasteiger partial charge in [-0.1, -0.05) is 11.6 Å². The first-order valence-electron chi connectivity index (χ1n) is 9.33. The summed E-state index contributed by atoms with van der Waals surface area (Å²) in [5.41, 5.74) is 6.70. The van der Waals surface area contributed by atoms with E-state index in [1.54, 1.807) is 12.1 Å². The second-order valence-corrected chi connectivity index (χ2v) is 7.56. The number of benzene rings is 1. The normalized spacial score (nSPS) is 14.6. The lowest BCUT2D eigenvalue weighted by molar-refractivity contribution is -0.131. The van der Waals surface area contributed by atoms with Crippen LogP contribution in [0, 0.1) is 0 Å². The van der Waals surface area contributed by atoms with Crippen molar-refractivity contribution in [3.63, 3.8) is 0 Å². The number of nitrogens with zero attached hydrogens (tertiary/aromatic N) is 4. The Hall–Kier alpha value is -2.78. The number of amides is 2. The lowest BCUT2D eigenvalue weighted by Crippen LogP contribution is -2.50. The smallest absolute Gasteiger partial charge is 0.292 e. The molecule has 2 amide bonds. The number of rotatable bonds is 7. The Morgan fingerprint density at radius 1 is 1.38 bits per heavy atom. The third-order valence-corrected chi connectivity index (χ3v) is 5.00. The average molecular weight is 421 g/mol. The molecule has 1 aliphatic rings. The van der Waals surface area contributed by atoms with Crippen molar-refractivity contribution in [1.82, 2.24) is 14.8 Å². The minimum Gasteiger partial charge on any atom is -0.431 e. The van der Waals surface area contributed by atoms with E-state index in [0.29, 0.717) is 23.8 Å². The van der Waals surface area contributed by atoms with E-state index in [9.17, 15) is 9.59 Å². The summed E-state index contributed by atoms with van der Waals surface area (Å²) in [6, 6.07) is 5.19. The molecule has 1 aromatic heterocycles. The van der Waals surface area contributed by atoms with Gasteiger partial charge in [-0.05, 0) is 45.3 Å². The van der Waals surface area contributed by atoms with Crippen LogP contribution in [0.4, 0.5) is 17.4 Å². The number of aromatic nitrogens is 1. The van der Waals surface area contributed by atoms with Crippen molar-refractivity contribution in [3.05, 3.63) is 35.2 Å². The molecule has 156 valence electrons. The maximum absolute atomic E-state index is 12.5. The minimum absolute atomic E-state index is 0.0606. The van der Waals surface area contributed by atoms with Gasteiger partial charge in [-0.3, -0.25) is 9.59 Å². The first kappa shape index (κ1) is 20.9. The monoisotopic (exact) mass is 420 g/mol. The summed E-state index contributed by atoms with van der Waals surface area (Å²) in [7, 11) is 4.04. The molecule has 9 nitrogen and oxygen atoms in total. The number of carbonyl (C=O) groups is 2. The quantitative estimate of drug-likeness (QED) is 0.702. The SMILES string of the molecule is CN(C)CCCN1CCN(c2ccc(Cl)c(NC(=O)c3coc(N)n3)c2)CC1=O. The van der Waals surface area contributed by atoms with Gasteiger partial charge >= 0.3 is 0 Å². The third-order valence-electron chi connectivity index (χ3n) is 4.67.